The predicted octanol–water partition coefficient (Wildman–Crippen LogP) is 3.59. The summed E-state index contributed by atoms with van der Waals surface area (Å²) in [7, 11) is -1.68. The van der Waals surface area contributed by atoms with Gasteiger partial charge < -0.3 is 13.9 Å². The van der Waals surface area contributed by atoms with E-state index in [2.05, 4.69) is 33.9 Å². The zero-order chi connectivity index (χ0) is 13.8. The highest BCUT2D eigenvalue weighted by Crippen LogP contribution is 2.36. The third-order valence-electron chi connectivity index (χ3n) is 3.77. The van der Waals surface area contributed by atoms with Crippen LogP contribution in [0.25, 0.3) is 0 Å². The van der Waals surface area contributed by atoms with Crippen molar-refractivity contribution in [2.24, 2.45) is 0 Å². The van der Waals surface area contributed by atoms with Crippen LogP contribution in [0.15, 0.2) is 23.0 Å². The largest absolute Gasteiger partial charge is 0.472 e. The molecule has 0 spiro atoms. The monoisotopic (exact) mass is 270 g/mol. The summed E-state index contributed by atoms with van der Waals surface area (Å²) >= 11 is 0. The summed E-state index contributed by atoms with van der Waals surface area (Å²) < 4.78 is 11.0. The fourth-order valence-corrected chi connectivity index (χ4v) is 2.51. The topological polar surface area (TPSA) is 42.6 Å². The highest BCUT2D eigenvalue weighted by Gasteiger charge is 2.36. The zero-order valence-corrected chi connectivity index (χ0v) is 13.2. The summed E-state index contributed by atoms with van der Waals surface area (Å²) in [6.45, 7) is 11.8. The summed E-state index contributed by atoms with van der Waals surface area (Å²) in [6, 6.07) is 1.89. The van der Waals surface area contributed by atoms with Crippen molar-refractivity contribution in [3.8, 4) is 0 Å². The van der Waals surface area contributed by atoms with Crippen molar-refractivity contribution >= 4 is 8.32 Å². The van der Waals surface area contributed by atoms with Crippen molar-refractivity contribution in [2.45, 2.75) is 57.8 Å². The van der Waals surface area contributed by atoms with Crippen LogP contribution in [0.3, 0.4) is 0 Å². The Morgan fingerprint density at radius 1 is 1.39 bits per heavy atom. The summed E-state index contributed by atoms with van der Waals surface area (Å²) in [6.07, 6.45) is 4.27. The second-order valence-corrected chi connectivity index (χ2v) is 11.2. The summed E-state index contributed by atoms with van der Waals surface area (Å²) in [5.74, 6) is 0. The maximum atomic E-state index is 9.91. The van der Waals surface area contributed by atoms with Crippen LogP contribution in [0.5, 0.6) is 0 Å². The molecule has 1 atom stereocenters. The average molecular weight is 270 g/mol. The SMILES string of the molecule is CC(C)(C)[Si](C)(C)OCC[C@H](O)Cc1ccoc1. The lowest BCUT2D eigenvalue weighted by Gasteiger charge is -2.36. The van der Waals surface area contributed by atoms with Gasteiger partial charge in [0.25, 0.3) is 0 Å². The van der Waals surface area contributed by atoms with Gasteiger partial charge in [-0.2, -0.15) is 0 Å². The molecule has 104 valence electrons. The van der Waals surface area contributed by atoms with Gasteiger partial charge in [0.2, 0.25) is 0 Å². The van der Waals surface area contributed by atoms with E-state index in [0.29, 0.717) is 19.4 Å². The van der Waals surface area contributed by atoms with Crippen LogP contribution >= 0.6 is 0 Å². The van der Waals surface area contributed by atoms with Crippen LogP contribution in [0.4, 0.5) is 0 Å². The third-order valence-corrected chi connectivity index (χ3v) is 8.31. The Hall–Kier alpha value is -0.583. The summed E-state index contributed by atoms with van der Waals surface area (Å²) in [5.41, 5.74) is 1.04. The Labute approximate surface area is 111 Å². The Morgan fingerprint density at radius 2 is 2.06 bits per heavy atom. The normalized spacial score (nSPS) is 14.8. The molecular weight excluding hydrogens is 244 g/mol. The fraction of sp³-hybridized carbons (Fsp3) is 0.714. The predicted molar refractivity (Wildman–Crippen MR) is 76.2 cm³/mol. The van der Waals surface area contributed by atoms with E-state index in [-0.39, 0.29) is 11.1 Å². The Bertz CT molecular complexity index is 338. The Balaban J connectivity index is 2.29. The van der Waals surface area contributed by atoms with Gasteiger partial charge in [0.1, 0.15) is 0 Å². The Morgan fingerprint density at radius 3 is 2.56 bits per heavy atom. The molecule has 0 bridgehead atoms. The third kappa shape index (κ3) is 4.59. The first kappa shape index (κ1) is 15.5. The lowest BCUT2D eigenvalue weighted by molar-refractivity contribution is 0.135. The molecule has 0 unspecified atom stereocenters. The van der Waals surface area contributed by atoms with Gasteiger partial charge in [-0.25, -0.2) is 0 Å². The molecule has 1 aromatic rings. The molecule has 0 aromatic carbocycles. The fourth-order valence-electron chi connectivity index (χ4n) is 1.45. The van der Waals surface area contributed by atoms with E-state index in [9.17, 15) is 5.11 Å². The van der Waals surface area contributed by atoms with Crippen molar-refractivity contribution in [3.05, 3.63) is 24.2 Å². The van der Waals surface area contributed by atoms with Crippen LogP contribution in [0.2, 0.25) is 18.1 Å². The first-order chi connectivity index (χ1) is 8.22. The van der Waals surface area contributed by atoms with Crippen LogP contribution in [0.1, 0.15) is 32.8 Å². The first-order valence-corrected chi connectivity index (χ1v) is 9.46. The van der Waals surface area contributed by atoms with Crippen LogP contribution in [-0.2, 0) is 10.8 Å². The molecule has 0 aliphatic carbocycles. The molecule has 0 amide bonds. The zero-order valence-electron chi connectivity index (χ0n) is 12.2. The highest BCUT2D eigenvalue weighted by atomic mass is 28.4. The molecule has 1 aromatic heterocycles. The van der Waals surface area contributed by atoms with E-state index in [0.717, 1.165) is 5.56 Å². The van der Waals surface area contributed by atoms with E-state index in [4.69, 9.17) is 8.84 Å². The van der Waals surface area contributed by atoms with Gasteiger partial charge in [-0.15, -0.1) is 0 Å². The van der Waals surface area contributed by atoms with E-state index in [1.54, 1.807) is 12.5 Å². The van der Waals surface area contributed by atoms with Gasteiger partial charge in [-0.3, -0.25) is 0 Å². The number of aliphatic hydroxyl groups is 1. The summed E-state index contributed by atoms with van der Waals surface area (Å²) in [5, 5.41) is 10.1. The maximum absolute atomic E-state index is 9.91. The van der Waals surface area contributed by atoms with E-state index in [1.807, 2.05) is 6.07 Å². The summed E-state index contributed by atoms with van der Waals surface area (Å²) in [4.78, 5) is 0. The average Bonchev–Trinajstić information content (AvgIpc) is 2.68. The van der Waals surface area contributed by atoms with Crippen molar-refractivity contribution < 1.29 is 13.9 Å². The van der Waals surface area contributed by atoms with Gasteiger partial charge in [0.15, 0.2) is 8.32 Å². The van der Waals surface area contributed by atoms with Gasteiger partial charge in [-0.1, -0.05) is 20.8 Å². The molecule has 18 heavy (non-hydrogen) atoms. The molecule has 4 heteroatoms. The molecule has 0 aliphatic heterocycles. The maximum Gasteiger partial charge on any atom is 0.191 e. The van der Waals surface area contributed by atoms with Crippen molar-refractivity contribution in [1.29, 1.82) is 0 Å². The number of hydrogen-bond acceptors (Lipinski definition) is 3. The standard InChI is InChI=1S/C14H26O3Si/c1-14(2,3)18(4,5)17-9-7-13(15)10-12-6-8-16-11-12/h6,8,11,13,15H,7,9-10H2,1-5H3/t13-/m0/s1. The quantitative estimate of drug-likeness (QED) is 0.803. The molecule has 1 N–H and O–H groups in total. The molecular formula is C14H26O3Si. The smallest absolute Gasteiger partial charge is 0.191 e. The van der Waals surface area contributed by atoms with E-state index in [1.165, 1.54) is 0 Å². The minimum atomic E-state index is -1.68. The molecule has 0 radical (unpaired) electrons. The van der Waals surface area contributed by atoms with Gasteiger partial charge in [0, 0.05) is 13.0 Å². The molecule has 0 saturated heterocycles. The molecule has 1 rings (SSSR count). The molecule has 3 nitrogen and oxygen atoms in total. The second kappa shape index (κ2) is 6.04. The molecule has 0 aliphatic rings. The lowest BCUT2D eigenvalue weighted by Crippen LogP contribution is -2.41. The number of furan rings is 1. The molecule has 0 fully saturated rings. The van der Waals surface area contributed by atoms with Crippen molar-refractivity contribution in [2.75, 3.05) is 6.61 Å². The van der Waals surface area contributed by atoms with Crippen LogP contribution < -0.4 is 0 Å². The minimum absolute atomic E-state index is 0.225. The Kier molecular flexibility index (Phi) is 5.19. The number of hydrogen-bond donors (Lipinski definition) is 1. The molecule has 0 saturated carbocycles. The van der Waals surface area contributed by atoms with E-state index >= 15 is 0 Å². The number of rotatable bonds is 6. The van der Waals surface area contributed by atoms with E-state index < -0.39 is 8.32 Å². The molecule has 1 heterocycles. The first-order valence-electron chi connectivity index (χ1n) is 6.55. The van der Waals surface area contributed by atoms with Crippen molar-refractivity contribution in [1.82, 2.24) is 0 Å². The second-order valence-electron chi connectivity index (χ2n) is 6.39. The highest BCUT2D eigenvalue weighted by molar-refractivity contribution is 6.74. The lowest BCUT2D eigenvalue weighted by atomic mass is 10.1. The van der Waals surface area contributed by atoms with Crippen molar-refractivity contribution in [3.63, 3.8) is 0 Å². The van der Waals surface area contributed by atoms with Gasteiger partial charge in [-0.05, 0) is 36.2 Å². The van der Waals surface area contributed by atoms with Crippen LogP contribution in [0, 0.1) is 0 Å². The number of aliphatic hydroxyl groups excluding tert-OH is 1. The van der Waals surface area contributed by atoms with Gasteiger partial charge >= 0.3 is 0 Å². The van der Waals surface area contributed by atoms with Crippen LogP contribution in [-0.4, -0.2) is 26.1 Å². The minimum Gasteiger partial charge on any atom is -0.472 e. The van der Waals surface area contributed by atoms with Gasteiger partial charge in [0.05, 0.1) is 18.6 Å².